The van der Waals surface area contributed by atoms with Gasteiger partial charge in [0, 0.05) is 20.3 Å². The monoisotopic (exact) mass is 270 g/mol. The second-order valence-electron chi connectivity index (χ2n) is 3.94. The highest BCUT2D eigenvalue weighted by molar-refractivity contribution is 7.12. The van der Waals surface area contributed by atoms with Gasteiger partial charge in [-0.15, -0.1) is 11.3 Å². The first-order valence-electron chi connectivity index (χ1n) is 5.19. The van der Waals surface area contributed by atoms with Gasteiger partial charge in [0.15, 0.2) is 0 Å². The highest BCUT2D eigenvalue weighted by Gasteiger charge is 2.18. The molecule has 1 aromatic carbocycles. The first-order chi connectivity index (χ1) is 7.99. The van der Waals surface area contributed by atoms with E-state index in [1.165, 1.54) is 18.2 Å². The van der Waals surface area contributed by atoms with Crippen LogP contribution in [-0.4, -0.2) is 5.11 Å². The molecule has 0 aliphatic rings. The SMILES string of the molecule is Cc1cc(C(O)c2cc(F)ccc2Cl)c(C)s1. The molecule has 1 aromatic heterocycles. The van der Waals surface area contributed by atoms with Crippen molar-refractivity contribution in [3.8, 4) is 0 Å². The zero-order valence-corrected chi connectivity index (χ0v) is 11.1. The molecule has 1 atom stereocenters. The molecule has 0 spiro atoms. The summed E-state index contributed by atoms with van der Waals surface area (Å²) in [5, 5.41) is 10.6. The van der Waals surface area contributed by atoms with Gasteiger partial charge in [0.1, 0.15) is 11.9 Å². The van der Waals surface area contributed by atoms with E-state index < -0.39 is 11.9 Å². The van der Waals surface area contributed by atoms with Crippen molar-refractivity contribution in [2.45, 2.75) is 20.0 Å². The summed E-state index contributed by atoms with van der Waals surface area (Å²) in [4.78, 5) is 2.14. The van der Waals surface area contributed by atoms with Crippen LogP contribution in [0.25, 0.3) is 0 Å². The quantitative estimate of drug-likeness (QED) is 0.865. The number of aliphatic hydroxyl groups excluding tert-OH is 1. The number of hydrogen-bond donors (Lipinski definition) is 1. The maximum Gasteiger partial charge on any atom is 0.123 e. The van der Waals surface area contributed by atoms with Crippen LogP contribution in [0.1, 0.15) is 27.0 Å². The highest BCUT2D eigenvalue weighted by atomic mass is 35.5. The Morgan fingerprint density at radius 1 is 1.24 bits per heavy atom. The Morgan fingerprint density at radius 2 is 1.94 bits per heavy atom. The van der Waals surface area contributed by atoms with Crippen molar-refractivity contribution in [1.29, 1.82) is 0 Å². The zero-order valence-electron chi connectivity index (χ0n) is 9.50. The summed E-state index contributed by atoms with van der Waals surface area (Å²) in [6, 6.07) is 5.93. The molecule has 0 amide bonds. The standard InChI is InChI=1S/C13H12ClFOS/c1-7-5-10(8(2)17-7)13(16)11-6-9(15)3-4-12(11)14/h3-6,13,16H,1-2H3. The van der Waals surface area contributed by atoms with Crippen LogP contribution in [0.4, 0.5) is 4.39 Å². The normalized spacial score (nSPS) is 12.8. The molecule has 1 nitrogen and oxygen atoms in total. The summed E-state index contributed by atoms with van der Waals surface area (Å²) < 4.78 is 13.2. The molecule has 90 valence electrons. The van der Waals surface area contributed by atoms with E-state index in [1.54, 1.807) is 11.3 Å². The van der Waals surface area contributed by atoms with Gasteiger partial charge in [0.25, 0.3) is 0 Å². The van der Waals surface area contributed by atoms with Crippen molar-refractivity contribution < 1.29 is 9.50 Å². The minimum absolute atomic E-state index is 0.377. The van der Waals surface area contributed by atoms with Crippen molar-refractivity contribution >= 4 is 22.9 Å². The summed E-state index contributed by atoms with van der Waals surface area (Å²) >= 11 is 7.58. The molecule has 1 heterocycles. The van der Waals surface area contributed by atoms with Crippen LogP contribution < -0.4 is 0 Å². The molecule has 0 saturated carbocycles. The van der Waals surface area contributed by atoms with Crippen molar-refractivity contribution in [3.05, 3.63) is 56.0 Å². The van der Waals surface area contributed by atoms with Gasteiger partial charge in [-0.2, -0.15) is 0 Å². The maximum absolute atomic E-state index is 13.2. The fourth-order valence-corrected chi connectivity index (χ4v) is 2.99. The minimum atomic E-state index is -0.872. The number of aliphatic hydroxyl groups is 1. The van der Waals surface area contributed by atoms with E-state index in [0.717, 1.165) is 15.3 Å². The number of hydrogen-bond acceptors (Lipinski definition) is 2. The molecule has 17 heavy (non-hydrogen) atoms. The lowest BCUT2D eigenvalue weighted by Gasteiger charge is -2.12. The van der Waals surface area contributed by atoms with Gasteiger partial charge in [0.05, 0.1) is 0 Å². The van der Waals surface area contributed by atoms with Crippen LogP contribution in [0.5, 0.6) is 0 Å². The fraction of sp³-hybridized carbons (Fsp3) is 0.231. The Hall–Kier alpha value is -0.900. The molecule has 4 heteroatoms. The number of halogens is 2. The molecule has 0 saturated heterocycles. The molecule has 2 aromatic rings. The molecule has 2 rings (SSSR count). The smallest absolute Gasteiger partial charge is 0.123 e. The Balaban J connectivity index is 2.46. The Labute approximate surface area is 108 Å². The van der Waals surface area contributed by atoms with Gasteiger partial charge in [-0.3, -0.25) is 0 Å². The summed E-state index contributed by atoms with van der Waals surface area (Å²) in [5.74, 6) is -0.395. The van der Waals surface area contributed by atoms with E-state index in [1.807, 2.05) is 19.9 Å². The molecular weight excluding hydrogens is 259 g/mol. The van der Waals surface area contributed by atoms with E-state index >= 15 is 0 Å². The van der Waals surface area contributed by atoms with Crippen LogP contribution in [0.15, 0.2) is 24.3 Å². The van der Waals surface area contributed by atoms with Crippen LogP contribution in [0.3, 0.4) is 0 Å². The number of aryl methyl sites for hydroxylation is 2. The summed E-state index contributed by atoms with van der Waals surface area (Å²) in [6.45, 7) is 3.91. The van der Waals surface area contributed by atoms with Crippen molar-refractivity contribution in [2.75, 3.05) is 0 Å². The Kier molecular flexibility index (Phi) is 3.52. The Morgan fingerprint density at radius 3 is 2.53 bits per heavy atom. The largest absolute Gasteiger partial charge is 0.384 e. The van der Waals surface area contributed by atoms with Gasteiger partial charge in [-0.1, -0.05) is 11.6 Å². The van der Waals surface area contributed by atoms with Crippen molar-refractivity contribution in [1.82, 2.24) is 0 Å². The molecule has 1 N–H and O–H groups in total. The van der Waals surface area contributed by atoms with E-state index in [-0.39, 0.29) is 0 Å². The van der Waals surface area contributed by atoms with Gasteiger partial charge in [-0.05, 0) is 43.7 Å². The molecule has 0 aliphatic heterocycles. The van der Waals surface area contributed by atoms with E-state index in [0.29, 0.717) is 10.6 Å². The second kappa shape index (κ2) is 4.77. The third-order valence-corrected chi connectivity index (χ3v) is 3.95. The van der Waals surface area contributed by atoms with Crippen LogP contribution in [-0.2, 0) is 0 Å². The predicted octanol–water partition coefficient (Wildman–Crippen LogP) is 4.24. The molecule has 0 radical (unpaired) electrons. The molecule has 0 bridgehead atoms. The minimum Gasteiger partial charge on any atom is -0.384 e. The first-order valence-corrected chi connectivity index (χ1v) is 6.38. The Bertz CT molecular complexity index is 550. The number of rotatable bonds is 2. The van der Waals surface area contributed by atoms with Gasteiger partial charge >= 0.3 is 0 Å². The van der Waals surface area contributed by atoms with Crippen LogP contribution in [0.2, 0.25) is 5.02 Å². The van der Waals surface area contributed by atoms with Crippen LogP contribution >= 0.6 is 22.9 Å². The first kappa shape index (κ1) is 12.6. The maximum atomic E-state index is 13.2. The average molecular weight is 271 g/mol. The van der Waals surface area contributed by atoms with Gasteiger partial charge in [0.2, 0.25) is 0 Å². The lowest BCUT2D eigenvalue weighted by Crippen LogP contribution is -2.01. The molecule has 0 fully saturated rings. The zero-order chi connectivity index (χ0) is 12.6. The van der Waals surface area contributed by atoms with E-state index in [4.69, 9.17) is 11.6 Å². The van der Waals surface area contributed by atoms with Gasteiger partial charge < -0.3 is 5.11 Å². The molecular formula is C13H12ClFOS. The topological polar surface area (TPSA) is 20.2 Å². The number of thiophene rings is 1. The third kappa shape index (κ3) is 2.51. The number of benzene rings is 1. The van der Waals surface area contributed by atoms with Crippen molar-refractivity contribution in [3.63, 3.8) is 0 Å². The highest BCUT2D eigenvalue weighted by Crippen LogP contribution is 2.33. The van der Waals surface area contributed by atoms with Crippen molar-refractivity contribution in [2.24, 2.45) is 0 Å². The third-order valence-electron chi connectivity index (χ3n) is 2.63. The average Bonchev–Trinajstić information content (AvgIpc) is 2.60. The second-order valence-corrected chi connectivity index (χ2v) is 5.80. The lowest BCUT2D eigenvalue weighted by molar-refractivity contribution is 0.219. The van der Waals surface area contributed by atoms with E-state index in [2.05, 4.69) is 0 Å². The van der Waals surface area contributed by atoms with E-state index in [9.17, 15) is 9.50 Å². The summed E-state index contributed by atoms with van der Waals surface area (Å²) in [6.07, 6.45) is -0.872. The molecule has 1 unspecified atom stereocenters. The summed E-state index contributed by atoms with van der Waals surface area (Å²) in [7, 11) is 0. The fourth-order valence-electron chi connectivity index (χ4n) is 1.81. The molecule has 0 aliphatic carbocycles. The van der Waals surface area contributed by atoms with Crippen LogP contribution in [0, 0.1) is 19.7 Å². The van der Waals surface area contributed by atoms with Gasteiger partial charge in [-0.25, -0.2) is 4.39 Å². The lowest BCUT2D eigenvalue weighted by atomic mass is 10.0. The summed E-state index contributed by atoms with van der Waals surface area (Å²) in [5.41, 5.74) is 1.20. The predicted molar refractivity (Wildman–Crippen MR) is 69.3 cm³/mol.